The average Bonchev–Trinajstić information content (AvgIpc) is 1.52. The molecule has 0 saturated carbocycles. The fourth-order valence-electron chi connectivity index (χ4n) is 25.1. The van der Waals surface area contributed by atoms with Crippen molar-refractivity contribution in [1.29, 1.82) is 0 Å². The third-order valence-corrected chi connectivity index (χ3v) is 32.7. The Morgan fingerprint density at radius 1 is 0.138 bits per heavy atom. The zero-order valence-corrected chi connectivity index (χ0v) is 83.0. The largest absolute Gasteiger partial charge is 0.0614 e. The Hall–Kier alpha value is -15.1. The first-order valence-corrected chi connectivity index (χ1v) is 49.6. The molecule has 0 amide bonds. The van der Waals surface area contributed by atoms with Gasteiger partial charge in [0, 0.05) is 0 Å². The summed E-state index contributed by atoms with van der Waals surface area (Å²) >= 11 is 0. The summed E-state index contributed by atoms with van der Waals surface area (Å²) in [6, 6.07) is 124. The molecule has 26 aromatic carbocycles. The molecule has 0 radical (unpaired) electrons. The maximum Gasteiger partial charge on any atom is -0.00195 e. The van der Waals surface area contributed by atoms with Crippen molar-refractivity contribution in [1.82, 2.24) is 0 Å². The molecule has 0 bridgehead atoms. The van der Waals surface area contributed by atoms with Crippen LogP contribution in [0.25, 0.3) is 261 Å². The monoisotopic (exact) mass is 1770 g/mol. The molecule has 26 aromatic rings. The fraction of sp³-hybridized carbons (Fsp3) is 0.159. The standard InChI is InChI=1S/C70H58.C68H54/c1-39-13-11-15-51(41(39)3)47-33-61-53-27-21-45(43-17-23-49(24-18-43)69(5,6)7)31-57(53)65-37-59-55(63(35-47)67(61)65)29-30-56-60(59)38-66-58-32-46(44-19-25-50(26-20-44)70(8,9)10)22-28-54(58)62-34-48(36-64(56)68(62)66)52-16-12-14-40(2)42(52)4;1-35-23-39(5)65(40(6)24-35)45-17-19-51-55(27-45)63-33-57-53(61-31-47(29-59(51)67(61)63)49-15-11-13-37(3)43(49)9)21-22-54-58(57)34-64-56-28-46(66-41(7)25-36(2)26-42(66)8)18-20-52(56)60-30-48(32-62(54)68(60)64)50-16-12-14-38(4)44(50)10/h11-38H,1-10H3;11-34H,1-10H3. The fourth-order valence-corrected chi connectivity index (χ4v) is 25.1. The van der Waals surface area contributed by atoms with Crippen LogP contribution in [0, 0.1) is 96.9 Å². The summed E-state index contributed by atoms with van der Waals surface area (Å²) in [4.78, 5) is 0. The van der Waals surface area contributed by atoms with E-state index in [1.165, 1.54) is 350 Å². The van der Waals surface area contributed by atoms with Crippen molar-refractivity contribution in [2.75, 3.05) is 0 Å². The van der Waals surface area contributed by atoms with Gasteiger partial charge in [0.05, 0.1) is 0 Å². The molecule has 0 nitrogen and oxygen atoms in total. The third-order valence-electron chi connectivity index (χ3n) is 32.7. The summed E-state index contributed by atoms with van der Waals surface area (Å²) in [6.07, 6.45) is 0. The molecule has 0 spiro atoms. The molecule has 0 saturated heterocycles. The van der Waals surface area contributed by atoms with E-state index in [0.29, 0.717) is 0 Å². The molecular formula is C138H112. The molecular weight excluding hydrogens is 1660 g/mol. The highest BCUT2D eigenvalue weighted by Crippen LogP contribution is 2.55. The van der Waals surface area contributed by atoms with Crippen LogP contribution in [-0.2, 0) is 10.8 Å². The van der Waals surface area contributed by atoms with Crippen molar-refractivity contribution in [2.45, 2.75) is 149 Å². The summed E-state index contributed by atoms with van der Waals surface area (Å²) in [5.41, 5.74) is 42.0. The molecule has 138 heavy (non-hydrogen) atoms. The van der Waals surface area contributed by atoms with Crippen molar-refractivity contribution in [3.8, 4) is 89.0 Å². The van der Waals surface area contributed by atoms with Gasteiger partial charge in [-0.1, -0.05) is 271 Å². The van der Waals surface area contributed by atoms with Gasteiger partial charge in [-0.3, -0.25) is 0 Å². The second kappa shape index (κ2) is 30.7. The molecule has 26 rings (SSSR count). The van der Waals surface area contributed by atoms with E-state index in [1.807, 2.05) is 0 Å². The molecule has 0 atom stereocenters. The summed E-state index contributed by atoms with van der Waals surface area (Å²) in [6.45, 7) is 45.3. The first kappa shape index (κ1) is 84.6. The van der Waals surface area contributed by atoms with Gasteiger partial charge in [-0.25, -0.2) is 0 Å². The second-order valence-corrected chi connectivity index (χ2v) is 43.2. The van der Waals surface area contributed by atoms with Crippen molar-refractivity contribution in [2.24, 2.45) is 0 Å². The quantitative estimate of drug-likeness (QED) is 0.133. The van der Waals surface area contributed by atoms with E-state index >= 15 is 0 Å². The highest BCUT2D eigenvalue weighted by molar-refractivity contribution is 6.44. The van der Waals surface area contributed by atoms with Gasteiger partial charge >= 0.3 is 0 Å². The third kappa shape index (κ3) is 12.9. The van der Waals surface area contributed by atoms with E-state index in [2.05, 4.69) is 454 Å². The predicted molar refractivity (Wildman–Crippen MR) is 605 cm³/mol. The minimum Gasteiger partial charge on any atom is -0.0614 e. The van der Waals surface area contributed by atoms with Crippen molar-refractivity contribution in [3.63, 3.8) is 0 Å². The van der Waals surface area contributed by atoms with E-state index in [0.717, 1.165) is 0 Å². The van der Waals surface area contributed by atoms with E-state index in [-0.39, 0.29) is 10.8 Å². The molecule has 0 aliphatic rings. The second-order valence-electron chi connectivity index (χ2n) is 43.2. The molecule has 0 N–H and O–H groups in total. The number of rotatable bonds is 8. The van der Waals surface area contributed by atoms with E-state index in [4.69, 9.17) is 0 Å². The van der Waals surface area contributed by atoms with Crippen molar-refractivity contribution in [3.05, 3.63) is 404 Å². The summed E-state index contributed by atoms with van der Waals surface area (Å²) in [7, 11) is 0. The van der Waals surface area contributed by atoms with Crippen LogP contribution in [0.5, 0.6) is 0 Å². The van der Waals surface area contributed by atoms with Gasteiger partial charge in [-0.15, -0.1) is 0 Å². The molecule has 0 heterocycles. The minimum atomic E-state index is 0.0982. The molecule has 664 valence electrons. The van der Waals surface area contributed by atoms with Crippen molar-refractivity contribution >= 4 is 172 Å². The van der Waals surface area contributed by atoms with Crippen LogP contribution >= 0.6 is 0 Å². The van der Waals surface area contributed by atoms with Crippen LogP contribution in [0.3, 0.4) is 0 Å². The molecule has 0 aliphatic carbocycles. The van der Waals surface area contributed by atoms with Crippen molar-refractivity contribution < 1.29 is 0 Å². The van der Waals surface area contributed by atoms with Crippen LogP contribution in [0.2, 0.25) is 0 Å². The zero-order chi connectivity index (χ0) is 94.7. The van der Waals surface area contributed by atoms with E-state index in [9.17, 15) is 0 Å². The maximum absolute atomic E-state index is 2.56. The Morgan fingerprint density at radius 3 is 0.543 bits per heavy atom. The smallest absolute Gasteiger partial charge is 0.00195 e. The van der Waals surface area contributed by atoms with Gasteiger partial charge in [-0.2, -0.15) is 0 Å². The number of hydrogen-bond donors (Lipinski definition) is 0. The highest BCUT2D eigenvalue weighted by atomic mass is 14.3. The average molecular weight is 1770 g/mol. The SMILES string of the molecule is Cc1cc(C)c(-c2ccc3c(c2)c2cc4c5cc6c7cc(-c8c(C)cc(C)cc8C)ccc7c7cc(-c8cccc(C)c8C)cc(c5ccc4c4cc(-c5cccc(C)c5C)cc3c42)c76)c(C)c1.Cc1cccc(-c2cc3c4ccc5c(cc6c7cc(-c8ccc(C(C)(C)C)cc8)ccc7c7cc(-c8cccc(C)c8C)cc5c76)c4cc4c5cc(-c6ccc(C(C)(C)C)cc6)ccc5c(c2)c34)c1C. The lowest BCUT2D eigenvalue weighted by atomic mass is 9.86. The predicted octanol–water partition coefficient (Wildman–Crippen LogP) is 39.8. The molecule has 0 unspecified atom stereocenters. The Kier molecular flexibility index (Phi) is 18.8. The highest BCUT2D eigenvalue weighted by Gasteiger charge is 2.29. The van der Waals surface area contributed by atoms with Crippen LogP contribution in [0.4, 0.5) is 0 Å². The van der Waals surface area contributed by atoms with Gasteiger partial charge in [0.15, 0.2) is 0 Å². The molecule has 0 aromatic heterocycles. The summed E-state index contributed by atoms with van der Waals surface area (Å²) < 4.78 is 0. The van der Waals surface area contributed by atoms with E-state index < -0.39 is 0 Å². The van der Waals surface area contributed by atoms with Gasteiger partial charge in [0.2, 0.25) is 0 Å². The summed E-state index contributed by atoms with van der Waals surface area (Å²) in [5.74, 6) is 0. The van der Waals surface area contributed by atoms with E-state index in [1.54, 1.807) is 0 Å². The molecule has 0 heteroatoms. The van der Waals surface area contributed by atoms with Gasteiger partial charge in [-0.05, 0) is 544 Å². The van der Waals surface area contributed by atoms with Crippen LogP contribution in [-0.4, -0.2) is 0 Å². The zero-order valence-electron chi connectivity index (χ0n) is 83.0. The van der Waals surface area contributed by atoms with Crippen LogP contribution < -0.4 is 0 Å². The maximum atomic E-state index is 2.56. The lowest BCUT2D eigenvalue weighted by Crippen LogP contribution is -2.10. The Morgan fingerprint density at radius 2 is 0.319 bits per heavy atom. The van der Waals surface area contributed by atoms with Crippen LogP contribution in [0.1, 0.15) is 131 Å². The number of aryl methyl sites for hydroxylation is 10. The molecule has 0 aliphatic heterocycles. The van der Waals surface area contributed by atoms with Gasteiger partial charge in [0.25, 0.3) is 0 Å². The van der Waals surface area contributed by atoms with Gasteiger partial charge < -0.3 is 0 Å². The number of fused-ring (bicyclic) bond motifs is 22. The number of hydrogen-bond acceptors (Lipinski definition) is 0. The first-order valence-electron chi connectivity index (χ1n) is 49.6. The Labute approximate surface area is 809 Å². The summed E-state index contributed by atoms with van der Waals surface area (Å²) in [5, 5.41) is 42.3. The molecule has 0 fully saturated rings. The number of benzene rings is 22. The topological polar surface area (TPSA) is 0 Å². The minimum absolute atomic E-state index is 0.0982. The normalized spacial score (nSPS) is 12.5. The van der Waals surface area contributed by atoms with Crippen LogP contribution in [0.15, 0.2) is 315 Å². The lowest BCUT2D eigenvalue weighted by Gasteiger charge is -2.19. The lowest BCUT2D eigenvalue weighted by molar-refractivity contribution is 0.590. The van der Waals surface area contributed by atoms with Gasteiger partial charge in [0.1, 0.15) is 0 Å². The Balaban J connectivity index is 0.000000146. The Bertz CT molecular complexity index is 9160. The first-order chi connectivity index (χ1) is 66.4.